The molecule has 2 amide bonds. The number of hydrogen-bond donors (Lipinski definition) is 1. The minimum Gasteiger partial charge on any atom is -0.324 e. The normalized spacial score (nSPS) is 13.5. The van der Waals surface area contributed by atoms with Crippen molar-refractivity contribution in [1.29, 1.82) is 0 Å². The maximum Gasteiger partial charge on any atom is 0.366 e. The van der Waals surface area contributed by atoms with Gasteiger partial charge in [0.1, 0.15) is 5.52 Å². The second-order valence-corrected chi connectivity index (χ2v) is 4.68. The molecule has 112 valence electrons. The molecule has 1 aliphatic rings. The lowest BCUT2D eigenvalue weighted by Crippen LogP contribution is -2.32. The molecule has 0 unspecified atom stereocenters. The third-order valence-corrected chi connectivity index (χ3v) is 3.37. The zero-order chi connectivity index (χ0) is 16.0. The zero-order valence-electron chi connectivity index (χ0n) is 11.4. The highest BCUT2D eigenvalue weighted by Crippen LogP contribution is 2.23. The van der Waals surface area contributed by atoms with Gasteiger partial charge in [0.2, 0.25) is 5.65 Å². The van der Waals surface area contributed by atoms with E-state index in [2.05, 4.69) is 20.4 Å². The fourth-order valence-electron chi connectivity index (χ4n) is 2.30. The number of fused-ring (bicyclic) bond motifs is 2. The van der Waals surface area contributed by atoms with Crippen molar-refractivity contribution in [3.63, 3.8) is 0 Å². The molecule has 9 nitrogen and oxygen atoms in total. The molecule has 9 heteroatoms. The number of carbonyl (C=O) groups excluding carboxylic acids is 3. The zero-order valence-corrected chi connectivity index (χ0v) is 11.4. The van der Waals surface area contributed by atoms with Crippen molar-refractivity contribution in [1.82, 2.24) is 25.5 Å². The molecule has 0 spiro atoms. The van der Waals surface area contributed by atoms with Crippen LogP contribution in [0.5, 0.6) is 0 Å². The number of nitrogens with one attached hydrogen (secondary N) is 1. The molecule has 23 heavy (non-hydrogen) atoms. The molecule has 2 aromatic heterocycles. The van der Waals surface area contributed by atoms with E-state index >= 15 is 0 Å². The van der Waals surface area contributed by atoms with Gasteiger partial charge in [0, 0.05) is 6.20 Å². The first-order valence-electron chi connectivity index (χ1n) is 6.52. The maximum atomic E-state index is 12.3. The largest absolute Gasteiger partial charge is 0.366 e. The number of H-pyrrole nitrogens is 1. The van der Waals surface area contributed by atoms with Gasteiger partial charge >= 0.3 is 5.97 Å². The van der Waals surface area contributed by atoms with Gasteiger partial charge in [-0.15, -0.1) is 5.10 Å². The topological polar surface area (TPSA) is 118 Å². The van der Waals surface area contributed by atoms with Crippen molar-refractivity contribution in [3.05, 3.63) is 53.2 Å². The molecule has 0 aliphatic carbocycles. The van der Waals surface area contributed by atoms with Crippen LogP contribution in [0, 0.1) is 0 Å². The summed E-state index contributed by atoms with van der Waals surface area (Å²) in [5.74, 6) is -2.28. The van der Waals surface area contributed by atoms with Crippen LogP contribution >= 0.6 is 0 Å². The van der Waals surface area contributed by atoms with Crippen molar-refractivity contribution >= 4 is 28.9 Å². The summed E-state index contributed by atoms with van der Waals surface area (Å²) < 4.78 is 0. The van der Waals surface area contributed by atoms with Gasteiger partial charge in [0.05, 0.1) is 16.7 Å². The van der Waals surface area contributed by atoms with Gasteiger partial charge in [0.15, 0.2) is 0 Å². The van der Waals surface area contributed by atoms with Crippen molar-refractivity contribution in [2.24, 2.45) is 0 Å². The van der Waals surface area contributed by atoms with E-state index in [1.165, 1.54) is 24.4 Å². The van der Waals surface area contributed by atoms with Crippen LogP contribution in [-0.2, 0) is 4.84 Å². The molecular formula is C14H7N5O4. The molecule has 1 aliphatic heterocycles. The molecule has 0 radical (unpaired) electrons. The number of imide groups is 1. The number of aromatic nitrogens is 4. The Kier molecular flexibility index (Phi) is 2.67. The van der Waals surface area contributed by atoms with Crippen molar-refractivity contribution < 1.29 is 19.2 Å². The van der Waals surface area contributed by atoms with E-state index in [0.29, 0.717) is 5.06 Å². The fourth-order valence-corrected chi connectivity index (χ4v) is 2.30. The minimum atomic E-state index is -0.902. The summed E-state index contributed by atoms with van der Waals surface area (Å²) in [7, 11) is 0. The van der Waals surface area contributed by atoms with Crippen LogP contribution in [0.25, 0.3) is 11.2 Å². The van der Waals surface area contributed by atoms with Crippen molar-refractivity contribution in [3.8, 4) is 0 Å². The lowest BCUT2D eigenvalue weighted by molar-refractivity contribution is -0.0583. The van der Waals surface area contributed by atoms with Crippen LogP contribution in [-0.4, -0.2) is 43.2 Å². The number of amides is 2. The molecule has 3 aromatic rings. The van der Waals surface area contributed by atoms with E-state index in [9.17, 15) is 14.4 Å². The Labute approximate surface area is 127 Å². The Morgan fingerprint density at radius 3 is 2.43 bits per heavy atom. The molecule has 1 aromatic carbocycles. The second kappa shape index (κ2) is 4.70. The quantitative estimate of drug-likeness (QED) is 0.693. The SMILES string of the molecule is O=C(ON1C(=O)c2ccccc2C1=O)c1ccnc2n[nH]nc12. The van der Waals surface area contributed by atoms with Gasteiger partial charge in [-0.1, -0.05) is 17.2 Å². The van der Waals surface area contributed by atoms with E-state index < -0.39 is 17.8 Å². The van der Waals surface area contributed by atoms with E-state index in [1.54, 1.807) is 12.1 Å². The second-order valence-electron chi connectivity index (χ2n) is 4.68. The predicted molar refractivity (Wildman–Crippen MR) is 74.0 cm³/mol. The average molecular weight is 309 g/mol. The molecule has 0 saturated carbocycles. The molecule has 0 fully saturated rings. The first-order valence-corrected chi connectivity index (χ1v) is 6.52. The van der Waals surface area contributed by atoms with Crippen molar-refractivity contribution in [2.75, 3.05) is 0 Å². The molecule has 3 heterocycles. The lowest BCUT2D eigenvalue weighted by atomic mass is 10.1. The number of nitrogens with zero attached hydrogens (tertiary/aromatic N) is 4. The van der Waals surface area contributed by atoms with Gasteiger partial charge in [-0.05, 0) is 18.2 Å². The van der Waals surface area contributed by atoms with E-state index in [0.717, 1.165) is 0 Å². The number of hydrogen-bond acceptors (Lipinski definition) is 7. The fraction of sp³-hybridized carbons (Fsp3) is 0. The maximum absolute atomic E-state index is 12.3. The Morgan fingerprint density at radius 1 is 1.04 bits per heavy atom. The van der Waals surface area contributed by atoms with Gasteiger partial charge in [0.25, 0.3) is 11.8 Å². The van der Waals surface area contributed by atoms with Gasteiger partial charge in [-0.3, -0.25) is 9.59 Å². The summed E-state index contributed by atoms with van der Waals surface area (Å²) in [6.07, 6.45) is 1.35. The number of pyridine rings is 1. The number of benzene rings is 1. The summed E-state index contributed by atoms with van der Waals surface area (Å²) in [5, 5.41) is 10.3. The Balaban J connectivity index is 1.67. The summed E-state index contributed by atoms with van der Waals surface area (Å²) >= 11 is 0. The third kappa shape index (κ3) is 1.87. The van der Waals surface area contributed by atoms with Crippen LogP contribution in [0.1, 0.15) is 31.1 Å². The molecule has 1 N–H and O–H groups in total. The smallest absolute Gasteiger partial charge is 0.324 e. The third-order valence-electron chi connectivity index (χ3n) is 3.37. The van der Waals surface area contributed by atoms with E-state index in [-0.39, 0.29) is 27.9 Å². The molecule has 0 atom stereocenters. The first-order chi connectivity index (χ1) is 11.2. The van der Waals surface area contributed by atoms with Crippen LogP contribution in [0.3, 0.4) is 0 Å². The minimum absolute atomic E-state index is 0.0420. The van der Waals surface area contributed by atoms with Crippen LogP contribution < -0.4 is 0 Å². The molecule has 4 rings (SSSR count). The Bertz CT molecular complexity index is 945. The Hall–Kier alpha value is -3.62. The predicted octanol–water partition coefficient (Wildman–Crippen LogP) is 0.721. The van der Waals surface area contributed by atoms with E-state index in [4.69, 9.17) is 4.84 Å². The van der Waals surface area contributed by atoms with Crippen LogP contribution in [0.4, 0.5) is 0 Å². The van der Waals surface area contributed by atoms with Gasteiger partial charge in [-0.2, -0.15) is 10.3 Å². The number of rotatable bonds is 2. The van der Waals surface area contributed by atoms with Crippen LogP contribution in [0.15, 0.2) is 36.5 Å². The summed E-state index contributed by atoms with van der Waals surface area (Å²) in [6, 6.07) is 7.59. The van der Waals surface area contributed by atoms with E-state index in [1.807, 2.05) is 0 Å². The first kappa shape index (κ1) is 13.1. The van der Waals surface area contributed by atoms with Gasteiger partial charge < -0.3 is 4.84 Å². The molecule has 0 saturated heterocycles. The molecule has 0 bridgehead atoms. The highest BCUT2D eigenvalue weighted by atomic mass is 16.7. The Morgan fingerprint density at radius 2 is 1.74 bits per heavy atom. The summed E-state index contributed by atoms with van der Waals surface area (Å²) in [4.78, 5) is 45.5. The molecular weight excluding hydrogens is 302 g/mol. The van der Waals surface area contributed by atoms with Crippen LogP contribution in [0.2, 0.25) is 0 Å². The van der Waals surface area contributed by atoms with Crippen molar-refractivity contribution in [2.45, 2.75) is 0 Å². The standard InChI is InChI=1S/C14H7N5O4/c20-12-7-3-1-2-4-8(7)13(21)19(12)23-14(22)9-5-6-15-11-10(9)16-18-17-11/h1-6H,(H,15,16,17,18). The average Bonchev–Trinajstić information content (AvgIpc) is 3.14. The number of hydroxylamine groups is 2. The van der Waals surface area contributed by atoms with Gasteiger partial charge in [-0.25, -0.2) is 9.78 Å². The number of aromatic amines is 1. The summed E-state index contributed by atoms with van der Waals surface area (Å²) in [5.41, 5.74) is 0.828. The highest BCUT2D eigenvalue weighted by Gasteiger charge is 2.39. The summed E-state index contributed by atoms with van der Waals surface area (Å²) in [6.45, 7) is 0. The highest BCUT2D eigenvalue weighted by molar-refractivity contribution is 6.21. The monoisotopic (exact) mass is 309 g/mol. The lowest BCUT2D eigenvalue weighted by Gasteiger charge is -2.12. The number of carbonyl (C=O) groups is 3.